The molecule has 0 amide bonds. The zero-order valence-corrected chi connectivity index (χ0v) is 23.3. The van der Waals surface area contributed by atoms with Gasteiger partial charge in [-0.15, -0.1) is 0 Å². The maximum absolute atomic E-state index is 13.2. The largest absolute Gasteiger partial charge is 0.491 e. The number of hydrogen-bond acceptors (Lipinski definition) is 9. The van der Waals surface area contributed by atoms with E-state index in [0.717, 1.165) is 6.07 Å². The van der Waals surface area contributed by atoms with E-state index in [0.29, 0.717) is 24.8 Å². The molecule has 1 aromatic carbocycles. The first-order valence-electron chi connectivity index (χ1n) is 12.3. The second kappa shape index (κ2) is 13.6. The Morgan fingerprint density at radius 3 is 2.49 bits per heavy atom. The first-order valence-corrected chi connectivity index (χ1v) is 13.8. The summed E-state index contributed by atoms with van der Waals surface area (Å²) in [5, 5.41) is 6.89. The highest BCUT2D eigenvalue weighted by atomic mass is 32.2. The van der Waals surface area contributed by atoms with Crippen LogP contribution in [0.4, 0.5) is 19.0 Å². The molecule has 0 bridgehead atoms. The maximum atomic E-state index is 13.2. The normalized spacial score (nSPS) is 19.0. The minimum Gasteiger partial charge on any atom is -0.491 e. The van der Waals surface area contributed by atoms with Crippen molar-refractivity contribution < 1.29 is 41.0 Å². The van der Waals surface area contributed by atoms with E-state index < -0.39 is 21.8 Å². The Labute approximate surface area is 235 Å². The molecule has 222 valence electrons. The molecule has 3 atom stereocenters. The number of rotatable bonds is 8. The predicted octanol–water partition coefficient (Wildman–Crippen LogP) is 4.05. The molecule has 0 radical (unpaired) electrons. The van der Waals surface area contributed by atoms with Crippen LogP contribution < -0.4 is 14.2 Å². The Balaban J connectivity index is 0.00000147. The van der Waals surface area contributed by atoms with Gasteiger partial charge in [0.25, 0.3) is 22.4 Å². The van der Waals surface area contributed by atoms with Gasteiger partial charge < -0.3 is 19.5 Å². The van der Waals surface area contributed by atoms with Gasteiger partial charge >= 0.3 is 6.18 Å². The molecule has 4 rings (SSSR count). The molecule has 0 spiro atoms. The molecule has 41 heavy (non-hydrogen) atoms. The minimum atomic E-state index is -4.40. The van der Waals surface area contributed by atoms with E-state index in [4.69, 9.17) is 19.4 Å². The molecular formula is C26H30F3N5O6S. The van der Waals surface area contributed by atoms with E-state index in [1.165, 1.54) is 50.1 Å². The number of carboxylic acid groups (broad SMARTS) is 1. The van der Waals surface area contributed by atoms with Crippen LogP contribution in [-0.4, -0.2) is 73.2 Å². The van der Waals surface area contributed by atoms with E-state index in [2.05, 4.69) is 19.7 Å². The summed E-state index contributed by atoms with van der Waals surface area (Å²) in [6.07, 6.45) is 0.813. The van der Waals surface area contributed by atoms with Gasteiger partial charge in [-0.1, -0.05) is 18.2 Å². The molecule has 1 fully saturated rings. The maximum Gasteiger partial charge on any atom is 0.416 e. The van der Waals surface area contributed by atoms with Gasteiger partial charge in [0.15, 0.2) is 5.75 Å². The van der Waals surface area contributed by atoms with E-state index >= 15 is 0 Å². The molecule has 2 aromatic heterocycles. The van der Waals surface area contributed by atoms with Crippen LogP contribution in [0.5, 0.6) is 11.6 Å². The van der Waals surface area contributed by atoms with Crippen molar-refractivity contribution in [1.82, 2.24) is 19.9 Å². The fourth-order valence-electron chi connectivity index (χ4n) is 4.56. The third kappa shape index (κ3) is 8.27. The number of alkyl halides is 3. The number of halogens is 3. The Morgan fingerprint density at radius 1 is 1.15 bits per heavy atom. The van der Waals surface area contributed by atoms with Gasteiger partial charge in [0, 0.05) is 18.3 Å². The molecule has 11 nitrogen and oxygen atoms in total. The van der Waals surface area contributed by atoms with Gasteiger partial charge in [0.05, 0.1) is 18.9 Å². The van der Waals surface area contributed by atoms with Gasteiger partial charge in [-0.3, -0.25) is 9.52 Å². The number of aromatic nitrogens is 3. The molecule has 15 heteroatoms. The number of benzene rings is 1. The lowest BCUT2D eigenvalue weighted by molar-refractivity contribution is -0.137. The zero-order valence-electron chi connectivity index (χ0n) is 22.4. The van der Waals surface area contributed by atoms with Gasteiger partial charge in [-0.25, -0.2) is 23.4 Å². The lowest BCUT2D eigenvalue weighted by atomic mass is 9.79. The van der Waals surface area contributed by atoms with Crippen molar-refractivity contribution in [2.45, 2.75) is 48.4 Å². The molecule has 0 unspecified atom stereocenters. The molecule has 0 saturated heterocycles. The number of hydrogen-bond donors (Lipinski definition) is 2. The van der Waals surface area contributed by atoms with Gasteiger partial charge in [-0.05, 0) is 57.0 Å². The number of ether oxygens (including phenoxy) is 2. The van der Waals surface area contributed by atoms with Crippen molar-refractivity contribution in [1.29, 1.82) is 0 Å². The molecule has 3 aromatic rings. The number of nitrogens with one attached hydrogen (secondary N) is 1. The summed E-state index contributed by atoms with van der Waals surface area (Å²) in [4.78, 5) is 22.0. The van der Waals surface area contributed by atoms with Crippen molar-refractivity contribution >= 4 is 22.3 Å². The fourth-order valence-corrected chi connectivity index (χ4v) is 5.53. The average molecular weight is 598 g/mol. The number of likely N-dealkylation sites (N-methyl/N-ethyl adjacent to an activating group) is 1. The van der Waals surface area contributed by atoms with Gasteiger partial charge in [0.2, 0.25) is 0 Å². The third-order valence-electron chi connectivity index (χ3n) is 6.51. The van der Waals surface area contributed by atoms with Crippen LogP contribution in [0.2, 0.25) is 0 Å². The summed E-state index contributed by atoms with van der Waals surface area (Å²) in [6, 6.07) is 8.06. The SMILES string of the molecule is COc1cc(S(=O)(=O)Nc2ccncn2)cnc1O[C@H]1CC[C@H](c2cccc(C(F)(F)F)c2)C[C@@H]1N(C)C.O=CO. The minimum absolute atomic E-state index is 0.0696. The quantitative estimate of drug-likeness (QED) is 0.365. The highest BCUT2D eigenvalue weighted by Crippen LogP contribution is 2.39. The molecule has 1 saturated carbocycles. The Hall–Kier alpha value is -3.98. The van der Waals surface area contributed by atoms with Gasteiger partial charge in [0.1, 0.15) is 23.1 Å². The van der Waals surface area contributed by atoms with Crippen LogP contribution in [0.25, 0.3) is 0 Å². The van der Waals surface area contributed by atoms with Gasteiger partial charge in [-0.2, -0.15) is 13.2 Å². The smallest absolute Gasteiger partial charge is 0.416 e. The summed E-state index contributed by atoms with van der Waals surface area (Å²) in [7, 11) is 1.15. The van der Waals surface area contributed by atoms with Crippen molar-refractivity contribution in [2.75, 3.05) is 25.9 Å². The fraction of sp³-hybridized carbons (Fsp3) is 0.385. The molecule has 2 heterocycles. The van der Waals surface area contributed by atoms with Crippen LogP contribution >= 0.6 is 0 Å². The Kier molecular flexibility index (Phi) is 10.5. The summed E-state index contributed by atoms with van der Waals surface area (Å²) in [5.41, 5.74) is -0.0143. The van der Waals surface area contributed by atoms with Crippen molar-refractivity contribution in [2.24, 2.45) is 0 Å². The number of carbonyl (C=O) groups is 1. The lowest BCUT2D eigenvalue weighted by Gasteiger charge is -2.39. The Morgan fingerprint density at radius 2 is 1.88 bits per heavy atom. The van der Waals surface area contributed by atoms with E-state index in [9.17, 15) is 21.6 Å². The highest BCUT2D eigenvalue weighted by molar-refractivity contribution is 7.92. The van der Waals surface area contributed by atoms with Crippen molar-refractivity contribution in [3.63, 3.8) is 0 Å². The van der Waals surface area contributed by atoms with E-state index in [1.54, 1.807) is 6.07 Å². The number of methoxy groups -OCH3 is 1. The molecule has 1 aliphatic rings. The summed E-state index contributed by atoms with van der Waals surface area (Å²) < 4.78 is 79.2. The monoisotopic (exact) mass is 597 g/mol. The van der Waals surface area contributed by atoms with E-state index in [-0.39, 0.29) is 46.9 Å². The van der Waals surface area contributed by atoms with Crippen LogP contribution in [0.1, 0.15) is 36.3 Å². The summed E-state index contributed by atoms with van der Waals surface area (Å²) in [5.74, 6) is 0.293. The molecular weight excluding hydrogens is 567 g/mol. The Bertz CT molecular complexity index is 1410. The van der Waals surface area contributed by atoms with E-state index in [1.807, 2.05) is 19.0 Å². The average Bonchev–Trinajstić information content (AvgIpc) is 2.93. The summed E-state index contributed by atoms with van der Waals surface area (Å²) in [6.45, 7) is -0.250. The van der Waals surface area contributed by atoms with Crippen LogP contribution in [0.15, 0.2) is 60.0 Å². The topological polar surface area (TPSA) is 144 Å². The zero-order chi connectivity index (χ0) is 30.2. The van der Waals surface area contributed by atoms with Crippen LogP contribution in [0, 0.1) is 0 Å². The molecule has 1 aliphatic carbocycles. The lowest BCUT2D eigenvalue weighted by Crippen LogP contribution is -2.46. The second-order valence-electron chi connectivity index (χ2n) is 9.30. The number of anilines is 1. The standard InChI is InChI=1S/C25H28F3N5O4S.CH2O2/c1-33(2)20-12-17(16-5-4-6-18(11-16)25(26,27)28)7-8-21(20)37-24-22(36-3)13-19(14-30-24)38(34,35)32-23-9-10-29-15-31-23;2-1-3/h4-6,9-11,13-15,17,20-21H,7-8,12H2,1-3H3,(H,29,31,32);1H,(H,2,3)/t17-,20-,21-;/m0./s1. The van der Waals surface area contributed by atoms with Crippen LogP contribution in [0.3, 0.4) is 0 Å². The van der Waals surface area contributed by atoms with Crippen LogP contribution in [-0.2, 0) is 21.0 Å². The van der Waals surface area contributed by atoms with Crippen molar-refractivity contribution in [3.8, 4) is 11.6 Å². The third-order valence-corrected chi connectivity index (χ3v) is 7.83. The molecule has 0 aliphatic heterocycles. The highest BCUT2D eigenvalue weighted by Gasteiger charge is 2.36. The number of sulfonamides is 1. The number of nitrogens with zero attached hydrogens (tertiary/aromatic N) is 4. The summed E-state index contributed by atoms with van der Waals surface area (Å²) >= 11 is 0. The first-order chi connectivity index (χ1) is 19.4. The first kappa shape index (κ1) is 31.5. The predicted molar refractivity (Wildman–Crippen MR) is 142 cm³/mol. The second-order valence-corrected chi connectivity index (χ2v) is 11.0. The van der Waals surface area contributed by atoms with Crippen molar-refractivity contribution in [3.05, 3.63) is 66.2 Å². The molecule has 2 N–H and O–H groups in total. The number of pyridine rings is 1.